The number of hydrogen-bond acceptors (Lipinski definition) is 2. The summed E-state index contributed by atoms with van der Waals surface area (Å²) in [6, 6.07) is 59.9. The molecule has 1 aliphatic rings. The van der Waals surface area contributed by atoms with E-state index in [9.17, 15) is 0 Å². The molecular weight excluding hydrogens is 613 g/mol. The smallest absolute Gasteiger partial charge is 0.143 e. The van der Waals surface area contributed by atoms with Gasteiger partial charge in [-0.15, -0.1) is 0 Å². The van der Waals surface area contributed by atoms with Crippen molar-refractivity contribution >= 4 is 40.0 Å². The molecule has 49 heavy (non-hydrogen) atoms. The average molecular weight is 647 g/mol. The van der Waals surface area contributed by atoms with E-state index in [2.05, 4.69) is 171 Å². The second-order valence-electron chi connectivity index (χ2n) is 13.3. The van der Waals surface area contributed by atoms with Gasteiger partial charge >= 0.3 is 0 Å². The van der Waals surface area contributed by atoms with Crippen molar-refractivity contribution in [3.05, 3.63) is 170 Å². The highest BCUT2D eigenvalue weighted by Gasteiger charge is 2.38. The lowest BCUT2D eigenvalue weighted by Gasteiger charge is -2.22. The quantitative estimate of drug-likeness (QED) is 0.132. The SMILES string of the molecule is C[Si]1(C)c2ccccc2-c2cc3c(Oc4ccc(-c5ccccc5)cc4)c4ccccc4c(Oc4ccc(-c5ccccc5)cc4)c3cc21. The van der Waals surface area contributed by atoms with Crippen LogP contribution in [0, 0.1) is 0 Å². The Kier molecular flexibility index (Phi) is 6.96. The number of rotatable bonds is 6. The van der Waals surface area contributed by atoms with Crippen LogP contribution in [-0.2, 0) is 0 Å². The van der Waals surface area contributed by atoms with E-state index in [-0.39, 0.29) is 0 Å². The fourth-order valence-corrected chi connectivity index (χ4v) is 10.5. The highest BCUT2D eigenvalue weighted by molar-refractivity contribution is 7.04. The van der Waals surface area contributed by atoms with Crippen LogP contribution in [0.4, 0.5) is 0 Å². The van der Waals surface area contributed by atoms with Gasteiger partial charge in [-0.25, -0.2) is 0 Å². The summed E-state index contributed by atoms with van der Waals surface area (Å²) in [5.41, 5.74) is 7.33. The van der Waals surface area contributed by atoms with E-state index in [1.807, 2.05) is 12.1 Å². The molecule has 9 rings (SSSR count). The predicted octanol–water partition coefficient (Wildman–Crippen LogP) is 11.7. The van der Waals surface area contributed by atoms with Crippen LogP contribution in [0.15, 0.2) is 170 Å². The molecule has 234 valence electrons. The molecule has 0 fully saturated rings. The summed E-state index contributed by atoms with van der Waals surface area (Å²) in [6.45, 7) is 4.91. The Balaban J connectivity index is 1.23. The molecule has 1 heterocycles. The Morgan fingerprint density at radius 1 is 0.347 bits per heavy atom. The first-order valence-corrected chi connectivity index (χ1v) is 19.8. The molecule has 1 aliphatic heterocycles. The zero-order valence-electron chi connectivity index (χ0n) is 27.5. The van der Waals surface area contributed by atoms with Crippen LogP contribution in [0.2, 0.25) is 13.1 Å². The molecule has 0 spiro atoms. The van der Waals surface area contributed by atoms with Crippen LogP contribution in [0.1, 0.15) is 0 Å². The summed E-state index contributed by atoms with van der Waals surface area (Å²) in [4.78, 5) is 0. The van der Waals surface area contributed by atoms with Gasteiger partial charge in [-0.2, -0.15) is 0 Å². The fraction of sp³-hybridized carbons (Fsp3) is 0.0435. The van der Waals surface area contributed by atoms with Gasteiger partial charge in [0.2, 0.25) is 0 Å². The van der Waals surface area contributed by atoms with E-state index >= 15 is 0 Å². The van der Waals surface area contributed by atoms with Crippen molar-refractivity contribution in [2.45, 2.75) is 13.1 Å². The third kappa shape index (κ3) is 5.02. The fourth-order valence-electron chi connectivity index (χ4n) is 7.44. The van der Waals surface area contributed by atoms with Crippen LogP contribution in [-0.4, -0.2) is 8.07 Å². The Hall–Kier alpha value is -5.90. The first-order valence-electron chi connectivity index (χ1n) is 16.8. The van der Waals surface area contributed by atoms with Gasteiger partial charge < -0.3 is 9.47 Å². The van der Waals surface area contributed by atoms with Gasteiger partial charge in [0, 0.05) is 21.5 Å². The maximum Gasteiger partial charge on any atom is 0.143 e. The van der Waals surface area contributed by atoms with Gasteiger partial charge in [-0.3, -0.25) is 0 Å². The summed E-state index contributed by atoms with van der Waals surface area (Å²) in [6.07, 6.45) is 0. The standard InChI is InChI=1S/C46H34O2Si/c1-49(2)43-20-12-11-17-37(43)40-29-41-42(30-44(40)49)46(48-36-27-23-34(24-28-36)32-15-7-4-8-16-32)39-19-10-9-18-38(39)45(41)47-35-25-21-33(22-26-35)31-13-5-3-6-14-31/h3-30H,1-2H3. The zero-order valence-corrected chi connectivity index (χ0v) is 28.5. The van der Waals surface area contributed by atoms with Crippen molar-refractivity contribution in [1.29, 1.82) is 0 Å². The van der Waals surface area contributed by atoms with E-state index in [4.69, 9.17) is 9.47 Å². The van der Waals surface area contributed by atoms with Gasteiger partial charge in [-0.1, -0.05) is 153 Å². The molecule has 0 radical (unpaired) electrons. The minimum Gasteiger partial charge on any atom is -0.456 e. The van der Waals surface area contributed by atoms with Crippen molar-refractivity contribution in [2.24, 2.45) is 0 Å². The molecule has 3 heteroatoms. The number of ether oxygens (including phenoxy) is 2. The zero-order chi connectivity index (χ0) is 33.0. The van der Waals surface area contributed by atoms with Crippen LogP contribution in [0.5, 0.6) is 23.0 Å². The Bertz CT molecular complexity index is 2480. The van der Waals surface area contributed by atoms with Crippen molar-refractivity contribution in [1.82, 2.24) is 0 Å². The second kappa shape index (κ2) is 11.7. The molecule has 0 atom stereocenters. The molecule has 0 amide bonds. The van der Waals surface area contributed by atoms with E-state index in [0.717, 1.165) is 55.7 Å². The van der Waals surface area contributed by atoms with Gasteiger partial charge in [0.1, 0.15) is 31.1 Å². The summed E-state index contributed by atoms with van der Waals surface area (Å²) >= 11 is 0. The van der Waals surface area contributed by atoms with Gasteiger partial charge in [0.05, 0.1) is 0 Å². The predicted molar refractivity (Wildman–Crippen MR) is 208 cm³/mol. The maximum atomic E-state index is 6.93. The monoisotopic (exact) mass is 646 g/mol. The third-order valence-corrected chi connectivity index (χ3v) is 13.5. The van der Waals surface area contributed by atoms with Crippen molar-refractivity contribution in [3.8, 4) is 56.4 Å². The first-order chi connectivity index (χ1) is 24.0. The lowest BCUT2D eigenvalue weighted by Crippen LogP contribution is -2.49. The molecule has 8 aromatic rings. The molecule has 8 aromatic carbocycles. The lowest BCUT2D eigenvalue weighted by molar-refractivity contribution is 0.486. The number of hydrogen-bond donors (Lipinski definition) is 0. The molecule has 0 unspecified atom stereocenters. The summed E-state index contributed by atoms with van der Waals surface area (Å²) in [7, 11) is -1.95. The first kappa shape index (κ1) is 29.3. The molecule has 0 bridgehead atoms. The van der Waals surface area contributed by atoms with Crippen LogP contribution in [0.25, 0.3) is 54.9 Å². The van der Waals surface area contributed by atoms with Crippen molar-refractivity contribution in [3.63, 3.8) is 0 Å². The Morgan fingerprint density at radius 3 is 1.31 bits per heavy atom. The van der Waals surface area contributed by atoms with Gasteiger partial charge in [0.15, 0.2) is 0 Å². The van der Waals surface area contributed by atoms with E-state index < -0.39 is 8.07 Å². The largest absolute Gasteiger partial charge is 0.456 e. The molecule has 0 saturated carbocycles. The molecule has 0 aromatic heterocycles. The van der Waals surface area contributed by atoms with Crippen molar-refractivity contribution in [2.75, 3.05) is 0 Å². The van der Waals surface area contributed by atoms with Crippen LogP contribution in [0.3, 0.4) is 0 Å². The number of fused-ring (bicyclic) bond motifs is 5. The summed E-state index contributed by atoms with van der Waals surface area (Å²) < 4.78 is 13.9. The molecule has 2 nitrogen and oxygen atoms in total. The number of benzene rings is 8. The Morgan fingerprint density at radius 2 is 0.776 bits per heavy atom. The normalized spacial score (nSPS) is 12.9. The average Bonchev–Trinajstić information content (AvgIpc) is 3.38. The summed E-state index contributed by atoms with van der Waals surface area (Å²) in [5.74, 6) is 3.30. The molecule has 0 N–H and O–H groups in total. The van der Waals surface area contributed by atoms with Crippen LogP contribution >= 0.6 is 0 Å². The van der Waals surface area contributed by atoms with Gasteiger partial charge in [-0.05, 0) is 74.1 Å². The van der Waals surface area contributed by atoms with E-state index in [0.29, 0.717) is 0 Å². The third-order valence-electron chi connectivity index (χ3n) is 9.99. The van der Waals surface area contributed by atoms with E-state index in [1.54, 1.807) is 0 Å². The highest BCUT2D eigenvalue weighted by atomic mass is 28.3. The second-order valence-corrected chi connectivity index (χ2v) is 17.6. The van der Waals surface area contributed by atoms with Crippen LogP contribution < -0.4 is 19.8 Å². The van der Waals surface area contributed by atoms with Gasteiger partial charge in [0.25, 0.3) is 0 Å². The minimum atomic E-state index is -1.95. The Labute approximate surface area is 287 Å². The maximum absolute atomic E-state index is 6.93. The molecule has 0 saturated heterocycles. The van der Waals surface area contributed by atoms with E-state index in [1.165, 1.54) is 32.6 Å². The summed E-state index contributed by atoms with van der Waals surface area (Å²) in [5, 5.41) is 7.05. The highest BCUT2D eigenvalue weighted by Crippen LogP contribution is 2.47. The molecular formula is C46H34O2Si. The molecule has 0 aliphatic carbocycles. The minimum absolute atomic E-state index is 0.798. The van der Waals surface area contributed by atoms with Crippen molar-refractivity contribution < 1.29 is 9.47 Å². The topological polar surface area (TPSA) is 18.5 Å². The lowest BCUT2D eigenvalue weighted by atomic mass is 9.96.